The van der Waals surface area contributed by atoms with Crippen molar-refractivity contribution in [2.45, 2.75) is 54.9 Å². The molecule has 0 saturated carbocycles. The van der Waals surface area contributed by atoms with Crippen molar-refractivity contribution < 1.29 is 19.1 Å². The molecule has 1 aromatic rings. The fraction of sp³-hybridized carbons (Fsp3) is 0.682. The topological polar surface area (TPSA) is 72.0 Å². The molecule has 4 aliphatic rings. The van der Waals surface area contributed by atoms with E-state index in [9.17, 15) is 9.59 Å². The molecular weight excluding hydrogens is 402 g/mol. The maximum absolute atomic E-state index is 13.2. The molecule has 0 N–H and O–H groups in total. The number of rotatable bonds is 3. The lowest BCUT2D eigenvalue weighted by Crippen LogP contribution is -2.59. The molecular formula is C22H29N3O4S. The van der Waals surface area contributed by atoms with Gasteiger partial charge in [0.25, 0.3) is 5.91 Å². The van der Waals surface area contributed by atoms with Crippen LogP contribution in [0, 0.1) is 5.92 Å². The zero-order valence-electron chi connectivity index (χ0n) is 17.4. The van der Waals surface area contributed by atoms with Crippen LogP contribution in [0.5, 0.6) is 0 Å². The van der Waals surface area contributed by atoms with Gasteiger partial charge in [0, 0.05) is 25.8 Å². The molecule has 30 heavy (non-hydrogen) atoms. The van der Waals surface area contributed by atoms with Crippen molar-refractivity contribution in [3.63, 3.8) is 0 Å². The van der Waals surface area contributed by atoms with Crippen LogP contribution in [0.15, 0.2) is 23.4 Å². The summed E-state index contributed by atoms with van der Waals surface area (Å²) in [6.07, 6.45) is 8.62. The maximum atomic E-state index is 13.2. The minimum absolute atomic E-state index is 0.0211. The second-order valence-electron chi connectivity index (χ2n) is 8.86. The van der Waals surface area contributed by atoms with Gasteiger partial charge in [-0.05, 0) is 50.5 Å². The summed E-state index contributed by atoms with van der Waals surface area (Å²) in [6, 6.07) is 3.66. The molecule has 162 valence electrons. The SMILES string of the molecule is CSc1ncccc1C(=O)N1CCOC2(CCN(C(=O)[C@@H]3C[C@@H]4CC[C@H]3O4)CC2)C1. The number of aromatic nitrogens is 1. The molecule has 0 radical (unpaired) electrons. The number of nitrogens with zero attached hydrogens (tertiary/aromatic N) is 3. The van der Waals surface area contributed by atoms with Crippen LogP contribution in [0.4, 0.5) is 0 Å². The largest absolute Gasteiger partial charge is 0.374 e. The third-order valence-corrected chi connectivity index (χ3v) is 7.85. The van der Waals surface area contributed by atoms with Gasteiger partial charge in [-0.25, -0.2) is 4.98 Å². The number of thioether (sulfide) groups is 1. The number of hydrogen-bond acceptors (Lipinski definition) is 6. The smallest absolute Gasteiger partial charge is 0.256 e. The summed E-state index contributed by atoms with van der Waals surface area (Å²) in [5, 5.41) is 0.761. The molecule has 5 heterocycles. The molecule has 1 spiro atoms. The van der Waals surface area contributed by atoms with E-state index in [1.807, 2.05) is 28.2 Å². The van der Waals surface area contributed by atoms with Crippen LogP contribution >= 0.6 is 11.8 Å². The predicted molar refractivity (Wildman–Crippen MR) is 112 cm³/mol. The molecule has 7 nitrogen and oxygen atoms in total. The standard InChI is InChI=1S/C22H29N3O4S/c1-30-19-16(3-2-8-23-19)20(26)25-11-12-28-22(14-25)6-9-24(10-7-22)21(27)17-13-15-4-5-18(17)29-15/h2-3,8,15,17-18H,4-7,9-14H2,1H3/t15-,17+,18+/m0/s1. The number of carbonyl (C=O) groups is 2. The first-order chi connectivity index (χ1) is 14.6. The molecule has 3 atom stereocenters. The van der Waals surface area contributed by atoms with Crippen molar-refractivity contribution in [3.05, 3.63) is 23.9 Å². The number of pyridine rings is 1. The monoisotopic (exact) mass is 431 g/mol. The van der Waals surface area contributed by atoms with Crippen LogP contribution in [-0.2, 0) is 14.3 Å². The number of morpholine rings is 1. The lowest BCUT2D eigenvalue weighted by molar-refractivity contribution is -0.151. The zero-order chi connectivity index (χ0) is 20.7. The van der Waals surface area contributed by atoms with Crippen LogP contribution in [-0.4, -0.2) is 83.4 Å². The fourth-order valence-corrected chi connectivity index (χ4v) is 6.02. The first kappa shape index (κ1) is 20.3. The highest BCUT2D eigenvalue weighted by Gasteiger charge is 2.48. The molecule has 2 amide bonds. The van der Waals surface area contributed by atoms with Crippen molar-refractivity contribution in [3.8, 4) is 0 Å². The first-order valence-corrected chi connectivity index (χ1v) is 12.2. The summed E-state index contributed by atoms with van der Waals surface area (Å²) in [7, 11) is 0. The van der Waals surface area contributed by atoms with E-state index >= 15 is 0 Å². The number of piperidine rings is 1. The van der Waals surface area contributed by atoms with Crippen molar-refractivity contribution in [1.82, 2.24) is 14.8 Å². The highest BCUT2D eigenvalue weighted by atomic mass is 32.2. The molecule has 0 aromatic carbocycles. The van der Waals surface area contributed by atoms with E-state index in [4.69, 9.17) is 9.47 Å². The molecule has 4 aliphatic heterocycles. The van der Waals surface area contributed by atoms with E-state index in [0.717, 1.165) is 37.1 Å². The summed E-state index contributed by atoms with van der Waals surface area (Å²) in [6.45, 7) is 3.09. The van der Waals surface area contributed by atoms with E-state index in [-0.39, 0.29) is 29.4 Å². The van der Waals surface area contributed by atoms with Crippen LogP contribution < -0.4 is 0 Å². The molecule has 8 heteroatoms. The molecule has 0 aliphatic carbocycles. The van der Waals surface area contributed by atoms with Gasteiger partial charge in [0.1, 0.15) is 5.03 Å². The van der Waals surface area contributed by atoms with Crippen molar-refractivity contribution in [2.24, 2.45) is 5.92 Å². The summed E-state index contributed by atoms with van der Waals surface area (Å²) in [5.41, 5.74) is 0.309. The summed E-state index contributed by atoms with van der Waals surface area (Å²) < 4.78 is 12.1. The molecule has 4 saturated heterocycles. The van der Waals surface area contributed by atoms with Gasteiger partial charge in [0.15, 0.2) is 0 Å². The van der Waals surface area contributed by atoms with Crippen molar-refractivity contribution >= 4 is 23.6 Å². The Morgan fingerprint density at radius 2 is 2.03 bits per heavy atom. The number of hydrogen-bond donors (Lipinski definition) is 0. The first-order valence-electron chi connectivity index (χ1n) is 10.9. The quantitative estimate of drug-likeness (QED) is 0.684. The number of ether oxygens (including phenoxy) is 2. The Labute approximate surface area is 181 Å². The third-order valence-electron chi connectivity index (χ3n) is 7.14. The van der Waals surface area contributed by atoms with Gasteiger partial charge >= 0.3 is 0 Å². The summed E-state index contributed by atoms with van der Waals surface area (Å²) in [5.74, 6) is 0.312. The lowest BCUT2D eigenvalue weighted by Gasteiger charge is -2.47. The van der Waals surface area contributed by atoms with Crippen molar-refractivity contribution in [2.75, 3.05) is 39.0 Å². The average molecular weight is 432 g/mol. The fourth-order valence-electron chi connectivity index (χ4n) is 5.47. The summed E-state index contributed by atoms with van der Waals surface area (Å²) in [4.78, 5) is 34.4. The average Bonchev–Trinajstić information content (AvgIpc) is 3.42. The second-order valence-corrected chi connectivity index (χ2v) is 9.65. The predicted octanol–water partition coefficient (Wildman–Crippen LogP) is 2.20. The van der Waals surface area contributed by atoms with E-state index in [1.54, 1.807) is 6.20 Å². The van der Waals surface area contributed by atoms with Gasteiger partial charge in [-0.15, -0.1) is 11.8 Å². The van der Waals surface area contributed by atoms with E-state index in [0.29, 0.717) is 44.5 Å². The van der Waals surface area contributed by atoms with Gasteiger partial charge in [0.2, 0.25) is 5.91 Å². The number of likely N-dealkylation sites (tertiary alicyclic amines) is 1. The normalized spacial score (nSPS) is 30.1. The third kappa shape index (κ3) is 3.63. The Bertz CT molecular complexity index is 826. The Kier molecular flexibility index (Phi) is 5.49. The molecule has 4 fully saturated rings. The van der Waals surface area contributed by atoms with Crippen LogP contribution in [0.25, 0.3) is 0 Å². The number of carbonyl (C=O) groups excluding carboxylic acids is 2. The van der Waals surface area contributed by atoms with Gasteiger partial charge in [-0.1, -0.05) is 0 Å². The Morgan fingerprint density at radius 3 is 2.73 bits per heavy atom. The number of amides is 2. The maximum Gasteiger partial charge on any atom is 0.256 e. The van der Waals surface area contributed by atoms with E-state index < -0.39 is 0 Å². The van der Waals surface area contributed by atoms with Crippen LogP contribution in [0.2, 0.25) is 0 Å². The Hall–Kier alpha value is -1.64. The zero-order valence-corrected chi connectivity index (χ0v) is 18.2. The Balaban J connectivity index is 1.22. The minimum atomic E-state index is -0.350. The second kappa shape index (κ2) is 8.13. The highest BCUT2D eigenvalue weighted by Crippen LogP contribution is 2.40. The van der Waals surface area contributed by atoms with Crippen LogP contribution in [0.3, 0.4) is 0 Å². The van der Waals surface area contributed by atoms with Gasteiger partial charge in [0.05, 0.1) is 42.4 Å². The van der Waals surface area contributed by atoms with Gasteiger partial charge in [-0.2, -0.15) is 0 Å². The molecule has 2 bridgehead atoms. The lowest BCUT2D eigenvalue weighted by atomic mass is 9.85. The van der Waals surface area contributed by atoms with Gasteiger partial charge in [-0.3, -0.25) is 9.59 Å². The minimum Gasteiger partial charge on any atom is -0.374 e. The molecule has 0 unspecified atom stereocenters. The molecule has 1 aromatic heterocycles. The van der Waals surface area contributed by atoms with Crippen molar-refractivity contribution in [1.29, 1.82) is 0 Å². The summed E-state index contributed by atoms with van der Waals surface area (Å²) >= 11 is 1.49. The number of fused-ring (bicyclic) bond motifs is 2. The Morgan fingerprint density at radius 1 is 1.20 bits per heavy atom. The van der Waals surface area contributed by atoms with E-state index in [2.05, 4.69) is 4.98 Å². The van der Waals surface area contributed by atoms with Crippen LogP contribution in [0.1, 0.15) is 42.5 Å². The molecule has 5 rings (SSSR count). The van der Waals surface area contributed by atoms with E-state index in [1.165, 1.54) is 11.8 Å². The highest BCUT2D eigenvalue weighted by molar-refractivity contribution is 7.98. The van der Waals surface area contributed by atoms with Gasteiger partial charge < -0.3 is 19.3 Å².